The zero-order valence-corrected chi connectivity index (χ0v) is 11.3. The highest BCUT2D eigenvalue weighted by atomic mass is 16.2. The third-order valence-electron chi connectivity index (χ3n) is 3.95. The highest BCUT2D eigenvalue weighted by Crippen LogP contribution is 2.27. The van der Waals surface area contributed by atoms with Gasteiger partial charge in [0.05, 0.1) is 0 Å². The lowest BCUT2D eigenvalue weighted by Gasteiger charge is -2.29. The number of anilines is 1. The van der Waals surface area contributed by atoms with Crippen LogP contribution in [0.3, 0.4) is 0 Å². The maximum absolute atomic E-state index is 12.4. The highest BCUT2D eigenvalue weighted by Gasteiger charge is 2.36. The largest absolute Gasteiger partial charge is 0.351 e. The van der Waals surface area contributed by atoms with Crippen LogP contribution >= 0.6 is 0 Å². The smallest absolute Gasteiger partial charge is 0.277 e. The molecule has 1 aromatic carbocycles. The summed E-state index contributed by atoms with van der Waals surface area (Å²) in [6.45, 7) is 0. The molecular formula is C16H18N2O2. The van der Waals surface area contributed by atoms with Gasteiger partial charge >= 0.3 is 0 Å². The van der Waals surface area contributed by atoms with Crippen molar-refractivity contribution in [2.75, 3.05) is 5.32 Å². The lowest BCUT2D eigenvalue weighted by atomic mass is 9.94. The Hall–Kier alpha value is -2.10. The minimum Gasteiger partial charge on any atom is -0.351 e. The first kappa shape index (κ1) is 12.9. The molecule has 104 valence electrons. The number of rotatable bonds is 3. The quantitative estimate of drug-likeness (QED) is 0.859. The van der Waals surface area contributed by atoms with Gasteiger partial charge in [-0.3, -0.25) is 14.5 Å². The molecule has 20 heavy (non-hydrogen) atoms. The third kappa shape index (κ3) is 2.46. The summed E-state index contributed by atoms with van der Waals surface area (Å²) in [5.74, 6) is -0.369. The van der Waals surface area contributed by atoms with Crippen LogP contribution < -0.4 is 5.32 Å². The van der Waals surface area contributed by atoms with Gasteiger partial charge in [-0.2, -0.15) is 0 Å². The summed E-state index contributed by atoms with van der Waals surface area (Å²) in [5.41, 5.74) is 1.21. The zero-order valence-electron chi connectivity index (χ0n) is 11.3. The van der Waals surface area contributed by atoms with Gasteiger partial charge in [0.2, 0.25) is 0 Å². The fraction of sp³-hybridized carbons (Fsp3) is 0.375. The van der Waals surface area contributed by atoms with E-state index in [0.29, 0.717) is 5.70 Å². The number of para-hydroxylation sites is 1. The summed E-state index contributed by atoms with van der Waals surface area (Å²) >= 11 is 0. The minimum atomic E-state index is -0.189. The SMILES string of the molecule is O=C1C=C(Nc2ccccc2)C(=O)N1C1CCCCC1. The molecule has 1 fully saturated rings. The van der Waals surface area contributed by atoms with Crippen LogP contribution in [0.25, 0.3) is 0 Å². The molecule has 1 N–H and O–H groups in total. The van der Waals surface area contributed by atoms with Gasteiger partial charge in [0.15, 0.2) is 0 Å². The predicted octanol–water partition coefficient (Wildman–Crippen LogP) is 2.68. The van der Waals surface area contributed by atoms with E-state index in [2.05, 4.69) is 5.32 Å². The highest BCUT2D eigenvalue weighted by molar-refractivity contribution is 6.17. The second kappa shape index (κ2) is 5.49. The Labute approximate surface area is 118 Å². The van der Waals surface area contributed by atoms with Crippen molar-refractivity contribution in [3.63, 3.8) is 0 Å². The summed E-state index contributed by atoms with van der Waals surface area (Å²) in [7, 11) is 0. The average molecular weight is 270 g/mol. The van der Waals surface area contributed by atoms with Crippen molar-refractivity contribution in [2.24, 2.45) is 0 Å². The van der Waals surface area contributed by atoms with Crippen LogP contribution in [0.2, 0.25) is 0 Å². The maximum atomic E-state index is 12.4. The van der Waals surface area contributed by atoms with Crippen molar-refractivity contribution in [2.45, 2.75) is 38.1 Å². The molecule has 0 aromatic heterocycles. The number of nitrogens with zero attached hydrogens (tertiary/aromatic N) is 1. The van der Waals surface area contributed by atoms with Crippen LogP contribution in [0.4, 0.5) is 5.69 Å². The molecule has 4 heteroatoms. The van der Waals surface area contributed by atoms with Gasteiger partial charge in [0, 0.05) is 17.8 Å². The van der Waals surface area contributed by atoms with Gasteiger partial charge in [-0.15, -0.1) is 0 Å². The number of hydrogen-bond donors (Lipinski definition) is 1. The number of imide groups is 1. The van der Waals surface area contributed by atoms with E-state index in [0.717, 1.165) is 31.4 Å². The Morgan fingerprint density at radius 1 is 1.00 bits per heavy atom. The molecule has 1 heterocycles. The average Bonchev–Trinajstić information content (AvgIpc) is 2.75. The van der Waals surface area contributed by atoms with E-state index in [1.165, 1.54) is 17.4 Å². The van der Waals surface area contributed by atoms with E-state index in [-0.39, 0.29) is 17.9 Å². The molecule has 0 spiro atoms. The summed E-state index contributed by atoms with van der Waals surface area (Å²) in [6, 6.07) is 9.53. The summed E-state index contributed by atoms with van der Waals surface area (Å²) in [5, 5.41) is 3.04. The molecule has 1 aromatic rings. The Morgan fingerprint density at radius 2 is 1.70 bits per heavy atom. The molecule has 0 radical (unpaired) electrons. The molecular weight excluding hydrogens is 252 g/mol. The first-order chi connectivity index (χ1) is 9.75. The summed E-state index contributed by atoms with van der Waals surface area (Å²) in [6.07, 6.45) is 6.69. The lowest BCUT2D eigenvalue weighted by molar-refractivity contribution is -0.140. The monoisotopic (exact) mass is 270 g/mol. The number of carbonyl (C=O) groups is 2. The van der Waals surface area contributed by atoms with Crippen molar-refractivity contribution < 1.29 is 9.59 Å². The summed E-state index contributed by atoms with van der Waals surface area (Å²) in [4.78, 5) is 25.9. The number of benzene rings is 1. The molecule has 0 atom stereocenters. The number of hydrogen-bond acceptors (Lipinski definition) is 3. The molecule has 0 unspecified atom stereocenters. The second-order valence-corrected chi connectivity index (χ2v) is 5.35. The van der Waals surface area contributed by atoms with E-state index < -0.39 is 0 Å². The first-order valence-electron chi connectivity index (χ1n) is 7.17. The fourth-order valence-electron chi connectivity index (χ4n) is 2.94. The molecule has 1 aliphatic heterocycles. The number of carbonyl (C=O) groups excluding carboxylic acids is 2. The zero-order chi connectivity index (χ0) is 13.9. The van der Waals surface area contributed by atoms with Gasteiger partial charge in [0.1, 0.15) is 5.70 Å². The van der Waals surface area contributed by atoms with Gasteiger partial charge in [-0.05, 0) is 25.0 Å². The fourth-order valence-corrected chi connectivity index (χ4v) is 2.94. The maximum Gasteiger partial charge on any atom is 0.277 e. The molecule has 2 amide bonds. The van der Waals surface area contributed by atoms with E-state index in [4.69, 9.17) is 0 Å². The first-order valence-corrected chi connectivity index (χ1v) is 7.17. The van der Waals surface area contributed by atoms with Crippen molar-refractivity contribution >= 4 is 17.5 Å². The van der Waals surface area contributed by atoms with E-state index >= 15 is 0 Å². The topological polar surface area (TPSA) is 49.4 Å². The standard InChI is InChI=1S/C16H18N2O2/c19-15-11-14(17-12-7-3-1-4-8-12)16(20)18(15)13-9-5-2-6-10-13/h1,3-4,7-8,11,13,17H,2,5-6,9-10H2. The normalized spacial score (nSPS) is 20.2. The molecule has 3 rings (SSSR count). The number of nitrogens with one attached hydrogen (secondary N) is 1. The van der Waals surface area contributed by atoms with Gasteiger partial charge in [0.25, 0.3) is 11.8 Å². The van der Waals surface area contributed by atoms with Crippen LogP contribution in [0, 0.1) is 0 Å². The molecule has 0 saturated heterocycles. The van der Waals surface area contributed by atoms with Crippen molar-refractivity contribution in [1.82, 2.24) is 4.90 Å². The molecule has 1 aliphatic carbocycles. The van der Waals surface area contributed by atoms with Crippen LogP contribution in [0.15, 0.2) is 42.1 Å². The van der Waals surface area contributed by atoms with E-state index in [1.807, 2.05) is 30.3 Å². The Bertz CT molecular complexity index is 545. The van der Waals surface area contributed by atoms with Gasteiger partial charge in [-0.1, -0.05) is 37.5 Å². The molecule has 2 aliphatic rings. The van der Waals surface area contributed by atoms with Crippen LogP contribution in [-0.2, 0) is 9.59 Å². The predicted molar refractivity (Wildman–Crippen MR) is 76.9 cm³/mol. The van der Waals surface area contributed by atoms with E-state index in [9.17, 15) is 9.59 Å². The van der Waals surface area contributed by atoms with Crippen molar-refractivity contribution in [1.29, 1.82) is 0 Å². The molecule has 0 bridgehead atoms. The third-order valence-corrected chi connectivity index (χ3v) is 3.95. The Kier molecular flexibility index (Phi) is 3.54. The van der Waals surface area contributed by atoms with E-state index in [1.54, 1.807) is 0 Å². The summed E-state index contributed by atoms with van der Waals surface area (Å²) < 4.78 is 0. The van der Waals surface area contributed by atoms with Crippen LogP contribution in [0.1, 0.15) is 32.1 Å². The number of amides is 2. The Morgan fingerprint density at radius 3 is 2.40 bits per heavy atom. The van der Waals surface area contributed by atoms with Crippen LogP contribution in [-0.4, -0.2) is 22.8 Å². The van der Waals surface area contributed by atoms with Crippen LogP contribution in [0.5, 0.6) is 0 Å². The second-order valence-electron chi connectivity index (χ2n) is 5.35. The van der Waals surface area contributed by atoms with Crippen molar-refractivity contribution in [3.8, 4) is 0 Å². The lowest BCUT2D eigenvalue weighted by Crippen LogP contribution is -2.42. The van der Waals surface area contributed by atoms with Gasteiger partial charge < -0.3 is 5.32 Å². The minimum absolute atomic E-state index is 0.0788. The molecule has 1 saturated carbocycles. The van der Waals surface area contributed by atoms with Gasteiger partial charge in [-0.25, -0.2) is 0 Å². The van der Waals surface area contributed by atoms with Crippen molar-refractivity contribution in [3.05, 3.63) is 42.1 Å². The Balaban J connectivity index is 1.73. The molecule has 4 nitrogen and oxygen atoms in total.